The Balaban J connectivity index is 1.06. The number of anilines is 3. The lowest BCUT2D eigenvalue weighted by Gasteiger charge is -2.26. The summed E-state index contributed by atoms with van der Waals surface area (Å²) < 4.78 is 2.68. The Kier molecular flexibility index (Phi) is 7.41. The van der Waals surface area contributed by atoms with Crippen LogP contribution in [0.5, 0.6) is 0 Å². The second-order valence-corrected chi connectivity index (χ2v) is 14.4. The van der Waals surface area contributed by atoms with Gasteiger partial charge in [-0.1, -0.05) is 152 Å². The lowest BCUT2D eigenvalue weighted by atomic mass is 9.97. The van der Waals surface area contributed by atoms with E-state index in [1.807, 2.05) is 11.3 Å². The van der Waals surface area contributed by atoms with Gasteiger partial charge in [0.1, 0.15) is 0 Å². The van der Waals surface area contributed by atoms with Crippen molar-refractivity contribution in [3.63, 3.8) is 0 Å². The van der Waals surface area contributed by atoms with Crippen LogP contribution in [0.25, 0.3) is 75.1 Å². The summed E-state index contributed by atoms with van der Waals surface area (Å²) in [7, 11) is 0. The zero-order chi connectivity index (χ0) is 34.4. The summed E-state index contributed by atoms with van der Waals surface area (Å²) >= 11 is 1.88. The summed E-state index contributed by atoms with van der Waals surface area (Å²) in [5.74, 6) is 0. The molecule has 0 aliphatic heterocycles. The van der Waals surface area contributed by atoms with E-state index in [-0.39, 0.29) is 0 Å². The highest BCUT2D eigenvalue weighted by atomic mass is 32.1. The van der Waals surface area contributed by atoms with Gasteiger partial charge in [0.05, 0.1) is 0 Å². The monoisotopic (exact) mass is 679 g/mol. The smallest absolute Gasteiger partial charge is 0.0468 e. The van der Waals surface area contributed by atoms with Crippen molar-refractivity contribution in [3.8, 4) is 33.4 Å². The molecule has 244 valence electrons. The minimum atomic E-state index is 1.11. The first-order valence-electron chi connectivity index (χ1n) is 17.8. The molecule has 0 amide bonds. The van der Waals surface area contributed by atoms with E-state index < -0.39 is 0 Å². The first kappa shape index (κ1) is 30.4. The molecular weight excluding hydrogens is 647 g/mol. The fourth-order valence-corrected chi connectivity index (χ4v) is 8.90. The second kappa shape index (κ2) is 12.7. The Bertz CT molecular complexity index is 2880. The zero-order valence-corrected chi connectivity index (χ0v) is 29.2. The molecule has 1 aromatic heterocycles. The molecule has 0 fully saturated rings. The van der Waals surface area contributed by atoms with E-state index >= 15 is 0 Å². The van der Waals surface area contributed by atoms with Gasteiger partial charge in [-0.2, -0.15) is 0 Å². The largest absolute Gasteiger partial charge is 0.310 e. The maximum atomic E-state index is 2.37. The van der Waals surface area contributed by atoms with Gasteiger partial charge in [0, 0.05) is 37.2 Å². The van der Waals surface area contributed by atoms with Gasteiger partial charge < -0.3 is 4.90 Å². The molecule has 0 bridgehead atoms. The first-order valence-corrected chi connectivity index (χ1v) is 18.6. The predicted octanol–water partition coefficient (Wildman–Crippen LogP) is 14.8. The van der Waals surface area contributed by atoms with Gasteiger partial charge in [-0.3, -0.25) is 0 Å². The van der Waals surface area contributed by atoms with E-state index in [0.29, 0.717) is 0 Å². The van der Waals surface area contributed by atoms with Gasteiger partial charge >= 0.3 is 0 Å². The topological polar surface area (TPSA) is 3.24 Å². The van der Waals surface area contributed by atoms with Crippen molar-refractivity contribution in [2.45, 2.75) is 0 Å². The maximum Gasteiger partial charge on any atom is 0.0468 e. The summed E-state index contributed by atoms with van der Waals surface area (Å²) in [6.45, 7) is 0. The number of thiophene rings is 1. The van der Waals surface area contributed by atoms with Crippen LogP contribution in [0.4, 0.5) is 17.1 Å². The third kappa shape index (κ3) is 5.33. The van der Waals surface area contributed by atoms with Crippen molar-refractivity contribution in [1.29, 1.82) is 0 Å². The van der Waals surface area contributed by atoms with Crippen molar-refractivity contribution in [3.05, 3.63) is 200 Å². The van der Waals surface area contributed by atoms with E-state index in [4.69, 9.17) is 0 Å². The molecule has 1 heterocycles. The fraction of sp³-hybridized carbons (Fsp3) is 0. The normalized spacial score (nSPS) is 11.5. The highest BCUT2D eigenvalue weighted by Crippen LogP contribution is 2.42. The molecule has 0 aliphatic rings. The van der Waals surface area contributed by atoms with Crippen LogP contribution in [0.15, 0.2) is 200 Å². The molecule has 0 N–H and O–H groups in total. The molecule has 0 spiro atoms. The van der Waals surface area contributed by atoms with Crippen LogP contribution in [0.3, 0.4) is 0 Å². The predicted molar refractivity (Wildman–Crippen MR) is 225 cm³/mol. The lowest BCUT2D eigenvalue weighted by Crippen LogP contribution is -2.09. The molecule has 0 unspecified atom stereocenters. The third-order valence-electron chi connectivity index (χ3n) is 10.3. The summed E-state index contributed by atoms with van der Waals surface area (Å²) in [5.41, 5.74) is 10.8. The van der Waals surface area contributed by atoms with Crippen LogP contribution in [0.2, 0.25) is 0 Å². The standard InChI is InChI=1S/C50H33NS/c1-2-10-34(11-3-1)35-22-27-41(28-23-35)51(42-29-24-37(25-30-42)45-16-8-13-36-12-4-5-14-44(36)45)43-31-26-38-32-40(21-20-39(38)33-43)46-17-9-18-48-47-15-6-7-19-49(47)52-50(46)48/h1-33H. The van der Waals surface area contributed by atoms with Gasteiger partial charge in [-0.25, -0.2) is 0 Å². The van der Waals surface area contributed by atoms with Crippen LogP contribution < -0.4 is 4.90 Å². The molecule has 0 saturated heterocycles. The first-order chi connectivity index (χ1) is 25.8. The molecule has 10 rings (SSSR count). The van der Waals surface area contributed by atoms with Crippen LogP contribution in [0, 0.1) is 0 Å². The van der Waals surface area contributed by atoms with E-state index in [1.54, 1.807) is 0 Å². The number of hydrogen-bond acceptors (Lipinski definition) is 2. The molecule has 0 saturated carbocycles. The highest BCUT2D eigenvalue weighted by Gasteiger charge is 2.16. The molecule has 2 heteroatoms. The SMILES string of the molecule is c1ccc(-c2ccc(N(c3ccc(-c4cccc5ccccc45)cc3)c3ccc4cc(-c5cccc6c5sc5ccccc56)ccc4c3)cc2)cc1. The molecular formula is C50H33NS. The number of nitrogens with zero attached hydrogens (tertiary/aromatic N) is 1. The molecule has 1 nitrogen and oxygen atoms in total. The molecule has 10 aromatic rings. The van der Waals surface area contributed by atoms with Crippen molar-refractivity contribution < 1.29 is 0 Å². The van der Waals surface area contributed by atoms with Gasteiger partial charge in [0.25, 0.3) is 0 Å². The molecule has 0 atom stereocenters. The Labute approximate surface area is 307 Å². The summed E-state index contributed by atoms with van der Waals surface area (Å²) in [6, 6.07) is 72.9. The lowest BCUT2D eigenvalue weighted by molar-refractivity contribution is 1.29. The van der Waals surface area contributed by atoms with Gasteiger partial charge in [0.2, 0.25) is 0 Å². The van der Waals surface area contributed by atoms with Crippen LogP contribution in [0.1, 0.15) is 0 Å². The minimum Gasteiger partial charge on any atom is -0.310 e. The average molecular weight is 680 g/mol. The Morgan fingerprint density at radius 2 is 0.865 bits per heavy atom. The maximum absolute atomic E-state index is 2.37. The highest BCUT2D eigenvalue weighted by molar-refractivity contribution is 7.26. The molecule has 0 radical (unpaired) electrons. The average Bonchev–Trinajstić information content (AvgIpc) is 3.60. The Morgan fingerprint density at radius 3 is 1.69 bits per heavy atom. The minimum absolute atomic E-state index is 1.11. The van der Waals surface area contributed by atoms with Crippen LogP contribution >= 0.6 is 11.3 Å². The summed E-state index contributed by atoms with van der Waals surface area (Å²) in [6.07, 6.45) is 0. The van der Waals surface area contributed by atoms with Crippen LogP contribution in [-0.4, -0.2) is 0 Å². The van der Waals surface area contributed by atoms with Crippen molar-refractivity contribution in [2.24, 2.45) is 0 Å². The fourth-order valence-electron chi connectivity index (χ4n) is 7.66. The van der Waals surface area contributed by atoms with Crippen molar-refractivity contribution >= 4 is 70.1 Å². The number of benzene rings is 9. The second-order valence-electron chi connectivity index (χ2n) is 13.3. The van der Waals surface area contributed by atoms with Gasteiger partial charge in [-0.15, -0.1) is 11.3 Å². The Hall–Kier alpha value is -6.48. The molecule has 9 aromatic carbocycles. The zero-order valence-electron chi connectivity index (χ0n) is 28.4. The van der Waals surface area contributed by atoms with E-state index in [2.05, 4.69) is 205 Å². The van der Waals surface area contributed by atoms with E-state index in [1.165, 1.54) is 75.1 Å². The van der Waals surface area contributed by atoms with Gasteiger partial charge in [-0.05, 0) is 103 Å². The summed E-state index contributed by atoms with van der Waals surface area (Å²) in [5, 5.41) is 7.62. The number of rotatable bonds is 6. The molecule has 0 aliphatic carbocycles. The van der Waals surface area contributed by atoms with Gasteiger partial charge in [0.15, 0.2) is 0 Å². The number of hydrogen-bond donors (Lipinski definition) is 0. The van der Waals surface area contributed by atoms with E-state index in [0.717, 1.165) is 17.1 Å². The number of fused-ring (bicyclic) bond motifs is 5. The van der Waals surface area contributed by atoms with Crippen molar-refractivity contribution in [1.82, 2.24) is 0 Å². The van der Waals surface area contributed by atoms with Crippen molar-refractivity contribution in [2.75, 3.05) is 4.90 Å². The van der Waals surface area contributed by atoms with E-state index in [9.17, 15) is 0 Å². The van der Waals surface area contributed by atoms with Crippen LogP contribution in [-0.2, 0) is 0 Å². The Morgan fingerprint density at radius 1 is 0.308 bits per heavy atom. The third-order valence-corrected chi connectivity index (χ3v) is 11.5. The molecule has 52 heavy (non-hydrogen) atoms. The quantitative estimate of drug-likeness (QED) is 0.169. The summed E-state index contributed by atoms with van der Waals surface area (Å²) in [4.78, 5) is 2.37.